The molecule has 2 fully saturated rings. The number of rotatable bonds is 6. The van der Waals surface area contributed by atoms with Crippen LogP contribution in [0.2, 0.25) is 0 Å². The second-order valence-electron chi connectivity index (χ2n) is 8.72. The first kappa shape index (κ1) is 20.8. The Morgan fingerprint density at radius 3 is 2.62 bits per heavy atom. The molecule has 1 N–H and O–H groups in total. The van der Waals surface area contributed by atoms with Crippen LogP contribution < -0.4 is 5.32 Å². The van der Waals surface area contributed by atoms with Crippen molar-refractivity contribution in [2.24, 2.45) is 11.8 Å². The van der Waals surface area contributed by atoms with Crippen molar-refractivity contribution in [2.75, 3.05) is 13.7 Å². The number of ether oxygens (including phenoxy) is 2. The van der Waals surface area contributed by atoms with Gasteiger partial charge in [0, 0.05) is 11.4 Å². The molecule has 2 aliphatic carbocycles. The molecule has 32 heavy (non-hydrogen) atoms. The third-order valence-electron chi connectivity index (χ3n) is 6.41. The van der Waals surface area contributed by atoms with Crippen LogP contribution in [0.4, 0.5) is 0 Å². The number of nitrogens with zero attached hydrogens (tertiary/aromatic N) is 1. The summed E-state index contributed by atoms with van der Waals surface area (Å²) in [5.74, 6) is -0.751. The second kappa shape index (κ2) is 8.10. The molecule has 0 radical (unpaired) electrons. The highest BCUT2D eigenvalue weighted by Crippen LogP contribution is 2.49. The van der Waals surface area contributed by atoms with E-state index in [9.17, 15) is 14.9 Å². The average Bonchev–Trinajstić information content (AvgIpc) is 3.73. The van der Waals surface area contributed by atoms with Crippen LogP contribution in [-0.2, 0) is 19.1 Å². The van der Waals surface area contributed by atoms with Crippen molar-refractivity contribution in [1.82, 2.24) is 5.32 Å². The number of dihydropyridines is 1. The number of carbonyl (C=O) groups is 2. The van der Waals surface area contributed by atoms with Crippen molar-refractivity contribution < 1.29 is 19.1 Å². The Balaban J connectivity index is 1.69. The fourth-order valence-corrected chi connectivity index (χ4v) is 5.47. The molecule has 5 rings (SSSR count). The largest absolute Gasteiger partial charge is 0.466 e. The average molecular weight is 449 g/mol. The van der Waals surface area contributed by atoms with E-state index in [1.807, 2.05) is 24.4 Å². The molecule has 1 aliphatic heterocycles. The van der Waals surface area contributed by atoms with Crippen LogP contribution >= 0.6 is 11.3 Å². The third kappa shape index (κ3) is 3.59. The first-order valence-corrected chi connectivity index (χ1v) is 11.8. The van der Waals surface area contributed by atoms with Crippen molar-refractivity contribution in [1.29, 1.82) is 5.26 Å². The van der Waals surface area contributed by atoms with Gasteiger partial charge in [-0.25, -0.2) is 9.59 Å². The second-order valence-corrected chi connectivity index (χ2v) is 9.60. The van der Waals surface area contributed by atoms with Gasteiger partial charge in [-0.1, -0.05) is 12.1 Å². The lowest BCUT2D eigenvalue weighted by Crippen LogP contribution is -2.34. The Morgan fingerprint density at radius 2 is 1.97 bits per heavy atom. The highest BCUT2D eigenvalue weighted by molar-refractivity contribution is 7.17. The first-order valence-electron chi connectivity index (χ1n) is 10.9. The zero-order chi connectivity index (χ0) is 22.4. The minimum atomic E-state index is -0.603. The van der Waals surface area contributed by atoms with E-state index in [0.29, 0.717) is 34.9 Å². The molecule has 0 saturated heterocycles. The van der Waals surface area contributed by atoms with Crippen molar-refractivity contribution in [3.63, 3.8) is 0 Å². The molecule has 3 aliphatic rings. The Labute approximate surface area is 190 Å². The van der Waals surface area contributed by atoms with E-state index in [4.69, 9.17) is 9.47 Å². The van der Waals surface area contributed by atoms with Crippen LogP contribution in [0.25, 0.3) is 10.1 Å². The lowest BCUT2D eigenvalue weighted by molar-refractivity contribution is -0.140. The predicted octanol–water partition coefficient (Wildman–Crippen LogP) is 4.52. The number of thiophene rings is 1. The lowest BCUT2D eigenvalue weighted by Gasteiger charge is -2.31. The molecule has 0 bridgehead atoms. The molecule has 2 heterocycles. The number of hydrogen-bond acceptors (Lipinski definition) is 7. The summed E-state index contributed by atoms with van der Waals surface area (Å²) in [6.45, 7) is 2.26. The quantitative estimate of drug-likeness (QED) is 0.654. The van der Waals surface area contributed by atoms with Gasteiger partial charge in [-0.05, 0) is 66.8 Å². The van der Waals surface area contributed by atoms with Crippen molar-refractivity contribution in [3.8, 4) is 6.07 Å². The Morgan fingerprint density at radius 1 is 1.19 bits per heavy atom. The highest BCUT2D eigenvalue weighted by atomic mass is 32.1. The number of allylic oxidation sites excluding steroid dienone is 2. The number of nitrogens with one attached hydrogen (secondary N) is 1. The van der Waals surface area contributed by atoms with Crippen LogP contribution in [0, 0.1) is 23.2 Å². The van der Waals surface area contributed by atoms with Crippen LogP contribution in [-0.4, -0.2) is 25.7 Å². The number of fused-ring (bicyclic) bond motifs is 1. The van der Waals surface area contributed by atoms with E-state index >= 15 is 0 Å². The van der Waals surface area contributed by atoms with Crippen molar-refractivity contribution in [2.45, 2.75) is 38.5 Å². The predicted molar refractivity (Wildman–Crippen MR) is 121 cm³/mol. The van der Waals surface area contributed by atoms with Crippen LogP contribution in [0.1, 0.15) is 49.7 Å². The molecule has 0 spiro atoms. The van der Waals surface area contributed by atoms with Gasteiger partial charge < -0.3 is 14.8 Å². The van der Waals surface area contributed by atoms with Gasteiger partial charge >= 0.3 is 11.9 Å². The number of methoxy groups -OCH3 is 1. The van der Waals surface area contributed by atoms with E-state index in [2.05, 4.69) is 11.4 Å². The van der Waals surface area contributed by atoms with Crippen molar-refractivity contribution >= 4 is 33.4 Å². The Bertz CT molecular complexity index is 1220. The van der Waals surface area contributed by atoms with Gasteiger partial charge in [0.15, 0.2) is 0 Å². The normalized spacial score (nSPS) is 20.7. The Kier molecular flexibility index (Phi) is 5.26. The third-order valence-corrected chi connectivity index (χ3v) is 7.46. The van der Waals surface area contributed by atoms with E-state index in [1.165, 1.54) is 18.4 Å². The molecule has 6 nitrogen and oxygen atoms in total. The topological polar surface area (TPSA) is 88.4 Å². The maximum absolute atomic E-state index is 13.5. The standard InChI is InChI=1S/C25H24N2O4S/c1-13-19(24(28)30-2)20(18-12-32-23-16(10-26)4-3-5-17(18)23)21(22(27-13)15-8-9-15)25(29)31-11-14-6-7-14/h3-5,12,14-15,20,27H,6-9,11H2,1-2H3. The molecule has 1 aromatic heterocycles. The van der Waals surface area contributed by atoms with Crippen LogP contribution in [0.15, 0.2) is 46.1 Å². The maximum atomic E-state index is 13.5. The van der Waals surface area contributed by atoms with Gasteiger partial charge in [0.1, 0.15) is 6.07 Å². The minimum absolute atomic E-state index is 0.259. The highest BCUT2D eigenvalue weighted by Gasteiger charge is 2.44. The fourth-order valence-electron chi connectivity index (χ4n) is 4.41. The van der Waals surface area contributed by atoms with Gasteiger partial charge in [0.25, 0.3) is 0 Å². The summed E-state index contributed by atoms with van der Waals surface area (Å²) in [5.41, 5.74) is 3.88. The molecule has 1 unspecified atom stereocenters. The molecular formula is C25H24N2O4S. The number of carbonyl (C=O) groups excluding carboxylic acids is 2. The van der Waals surface area contributed by atoms with Crippen LogP contribution in [0.3, 0.4) is 0 Å². The summed E-state index contributed by atoms with van der Waals surface area (Å²) in [6, 6.07) is 7.80. The van der Waals surface area contributed by atoms with Crippen LogP contribution in [0.5, 0.6) is 0 Å². The zero-order valence-electron chi connectivity index (χ0n) is 18.1. The van der Waals surface area contributed by atoms with Crippen molar-refractivity contribution in [3.05, 3.63) is 57.2 Å². The molecule has 2 aromatic rings. The molecule has 2 saturated carbocycles. The van der Waals surface area contributed by atoms with E-state index < -0.39 is 11.9 Å². The van der Waals surface area contributed by atoms with E-state index in [0.717, 1.165) is 47.0 Å². The minimum Gasteiger partial charge on any atom is -0.466 e. The zero-order valence-corrected chi connectivity index (χ0v) is 18.9. The lowest BCUT2D eigenvalue weighted by atomic mass is 9.79. The number of nitriles is 1. The monoisotopic (exact) mass is 448 g/mol. The van der Waals surface area contributed by atoms with E-state index in [1.54, 1.807) is 6.07 Å². The van der Waals surface area contributed by atoms with Gasteiger partial charge in [-0.15, -0.1) is 11.3 Å². The summed E-state index contributed by atoms with van der Waals surface area (Å²) >= 11 is 1.46. The van der Waals surface area contributed by atoms with Gasteiger partial charge in [0.2, 0.25) is 0 Å². The van der Waals surface area contributed by atoms with Gasteiger partial charge in [-0.2, -0.15) is 5.26 Å². The molecule has 7 heteroatoms. The number of benzene rings is 1. The summed E-state index contributed by atoms with van der Waals surface area (Å²) in [7, 11) is 1.35. The summed E-state index contributed by atoms with van der Waals surface area (Å²) in [5, 5.41) is 15.7. The maximum Gasteiger partial charge on any atom is 0.336 e. The number of esters is 2. The molecule has 1 atom stereocenters. The molecular weight excluding hydrogens is 424 g/mol. The summed E-state index contributed by atoms with van der Waals surface area (Å²) < 4.78 is 11.7. The van der Waals surface area contributed by atoms with Gasteiger partial charge in [-0.3, -0.25) is 0 Å². The molecule has 164 valence electrons. The molecule has 1 aromatic carbocycles. The Hall–Kier alpha value is -3.11. The summed E-state index contributed by atoms with van der Waals surface area (Å²) in [6.07, 6.45) is 4.17. The van der Waals surface area contributed by atoms with E-state index in [-0.39, 0.29) is 11.9 Å². The first-order chi connectivity index (χ1) is 15.5. The molecule has 0 amide bonds. The number of hydrogen-bond donors (Lipinski definition) is 1. The summed E-state index contributed by atoms with van der Waals surface area (Å²) in [4.78, 5) is 26.4. The smallest absolute Gasteiger partial charge is 0.336 e. The van der Waals surface area contributed by atoms with Gasteiger partial charge in [0.05, 0.1) is 41.0 Å². The SMILES string of the molecule is COC(=O)C1=C(C)NC(C2CC2)=C(C(=O)OCC2CC2)C1c1csc2c(C#N)cccc12. The fraction of sp³-hybridized carbons (Fsp3) is 0.400.